The van der Waals surface area contributed by atoms with Gasteiger partial charge in [-0.1, -0.05) is 0 Å². The lowest BCUT2D eigenvalue weighted by Crippen LogP contribution is -2.16. The van der Waals surface area contributed by atoms with Gasteiger partial charge in [-0.15, -0.1) is 0 Å². The fourth-order valence-corrected chi connectivity index (χ4v) is 1.44. The number of nitrogens with zero attached hydrogens (tertiary/aromatic N) is 1. The van der Waals surface area contributed by atoms with Gasteiger partial charge in [0.15, 0.2) is 5.78 Å². The molecule has 1 rings (SSSR count). The quantitative estimate of drug-likeness (QED) is 0.593. The Hall–Kier alpha value is -1.47. The summed E-state index contributed by atoms with van der Waals surface area (Å²) < 4.78 is 10.3. The van der Waals surface area contributed by atoms with Crippen molar-refractivity contribution in [2.45, 2.75) is 0 Å². The number of nitro benzene ring substituents is 1. The van der Waals surface area contributed by atoms with E-state index in [9.17, 15) is 14.9 Å². The summed E-state index contributed by atoms with van der Waals surface area (Å²) in [5.74, 6) is 0.00885. The molecule has 17 heavy (non-hydrogen) atoms. The number of methoxy groups -OCH3 is 1. The highest BCUT2D eigenvalue weighted by molar-refractivity contribution is 9.10. The minimum absolute atomic E-state index is 0.0491. The number of halogens is 1. The number of non-ortho nitro benzene ring substituents is 1. The van der Waals surface area contributed by atoms with Crippen molar-refractivity contribution in [3.8, 4) is 5.75 Å². The number of benzene rings is 1. The average Bonchev–Trinajstić information content (AvgIpc) is 2.28. The van der Waals surface area contributed by atoms with Crippen LogP contribution in [0.5, 0.6) is 5.75 Å². The molecule has 0 aliphatic carbocycles. The molecule has 0 spiro atoms. The van der Waals surface area contributed by atoms with Gasteiger partial charge in [-0.3, -0.25) is 14.9 Å². The van der Waals surface area contributed by atoms with Gasteiger partial charge in [-0.25, -0.2) is 0 Å². The van der Waals surface area contributed by atoms with Crippen molar-refractivity contribution in [2.24, 2.45) is 0 Å². The molecule has 92 valence electrons. The van der Waals surface area contributed by atoms with Gasteiger partial charge in [0.05, 0.1) is 15.5 Å². The summed E-state index contributed by atoms with van der Waals surface area (Å²) in [5, 5.41) is 10.6. The normalized spacial score (nSPS) is 10.0. The van der Waals surface area contributed by atoms with Crippen LogP contribution in [0.1, 0.15) is 0 Å². The van der Waals surface area contributed by atoms with Crippen LogP contribution >= 0.6 is 15.9 Å². The van der Waals surface area contributed by atoms with Gasteiger partial charge >= 0.3 is 0 Å². The maximum atomic E-state index is 11.1. The van der Waals surface area contributed by atoms with E-state index in [0.29, 0.717) is 4.47 Å². The molecule has 0 radical (unpaired) electrons. The zero-order valence-electron chi connectivity index (χ0n) is 9.01. The Morgan fingerprint density at radius 1 is 1.47 bits per heavy atom. The summed E-state index contributed by atoms with van der Waals surface area (Å²) in [6, 6.07) is 4.09. The molecule has 0 atom stereocenters. The van der Waals surface area contributed by atoms with Crippen LogP contribution in [0.3, 0.4) is 0 Å². The summed E-state index contributed by atoms with van der Waals surface area (Å²) in [6.07, 6.45) is 0. The minimum atomic E-state index is -0.531. The number of nitro groups is 1. The third-order valence-electron chi connectivity index (χ3n) is 1.82. The zero-order chi connectivity index (χ0) is 12.8. The van der Waals surface area contributed by atoms with Crippen LogP contribution in [0.25, 0.3) is 0 Å². The molecular formula is C10H10BrNO5. The van der Waals surface area contributed by atoms with E-state index < -0.39 is 4.92 Å². The highest BCUT2D eigenvalue weighted by Crippen LogP contribution is 2.29. The monoisotopic (exact) mass is 303 g/mol. The van der Waals surface area contributed by atoms with Crippen LogP contribution in [0.2, 0.25) is 0 Å². The number of hydrogen-bond acceptors (Lipinski definition) is 5. The first-order valence-electron chi connectivity index (χ1n) is 4.62. The molecular weight excluding hydrogens is 294 g/mol. The molecule has 0 aliphatic heterocycles. The standard InChI is InChI=1S/C10H10BrNO5/c1-16-5-8(13)6-17-10-4-7(12(14)15)2-3-9(10)11/h2-4H,5-6H2,1H3. The highest BCUT2D eigenvalue weighted by atomic mass is 79.9. The highest BCUT2D eigenvalue weighted by Gasteiger charge is 2.11. The summed E-state index contributed by atoms with van der Waals surface area (Å²) in [4.78, 5) is 21.2. The fourth-order valence-electron chi connectivity index (χ4n) is 1.08. The van der Waals surface area contributed by atoms with Gasteiger partial charge in [0.1, 0.15) is 19.0 Å². The van der Waals surface area contributed by atoms with E-state index in [-0.39, 0.29) is 30.4 Å². The van der Waals surface area contributed by atoms with E-state index in [1.165, 1.54) is 25.3 Å². The van der Waals surface area contributed by atoms with Crippen molar-refractivity contribution in [3.05, 3.63) is 32.8 Å². The predicted octanol–water partition coefficient (Wildman–Crippen LogP) is 1.95. The summed E-state index contributed by atoms with van der Waals surface area (Å²) in [5.41, 5.74) is -0.0950. The summed E-state index contributed by atoms with van der Waals surface area (Å²) in [6.45, 7) is -0.236. The largest absolute Gasteiger partial charge is 0.484 e. The Kier molecular flexibility index (Phi) is 5.05. The lowest BCUT2D eigenvalue weighted by molar-refractivity contribution is -0.385. The Morgan fingerprint density at radius 2 is 2.18 bits per heavy atom. The smallest absolute Gasteiger partial charge is 0.273 e. The first kappa shape index (κ1) is 13.6. The van der Waals surface area contributed by atoms with Crippen molar-refractivity contribution in [1.82, 2.24) is 0 Å². The molecule has 1 aromatic rings. The number of ketones is 1. The second-order valence-electron chi connectivity index (χ2n) is 3.13. The van der Waals surface area contributed by atoms with Crippen LogP contribution in [-0.4, -0.2) is 31.0 Å². The predicted molar refractivity (Wildman–Crippen MR) is 63.2 cm³/mol. The molecule has 0 fully saturated rings. The van der Waals surface area contributed by atoms with E-state index in [1.807, 2.05) is 0 Å². The Labute approximate surface area is 106 Å². The number of hydrogen-bond donors (Lipinski definition) is 0. The number of carbonyl (C=O) groups is 1. The fraction of sp³-hybridized carbons (Fsp3) is 0.300. The Balaban J connectivity index is 2.73. The van der Waals surface area contributed by atoms with Gasteiger partial charge in [0.25, 0.3) is 5.69 Å². The number of rotatable bonds is 6. The Bertz CT molecular complexity index is 435. The maximum Gasteiger partial charge on any atom is 0.273 e. The van der Waals surface area contributed by atoms with Crippen molar-refractivity contribution in [3.63, 3.8) is 0 Å². The number of carbonyl (C=O) groups excluding carboxylic acids is 1. The zero-order valence-corrected chi connectivity index (χ0v) is 10.6. The van der Waals surface area contributed by atoms with Gasteiger partial charge in [0, 0.05) is 13.2 Å². The summed E-state index contributed by atoms with van der Waals surface area (Å²) >= 11 is 3.18. The average molecular weight is 304 g/mol. The lowest BCUT2D eigenvalue weighted by atomic mass is 10.3. The van der Waals surface area contributed by atoms with Crippen LogP contribution in [0, 0.1) is 10.1 Å². The third kappa shape index (κ3) is 4.12. The minimum Gasteiger partial charge on any atom is -0.484 e. The molecule has 0 N–H and O–H groups in total. The molecule has 0 bridgehead atoms. The summed E-state index contributed by atoms with van der Waals surface area (Å²) in [7, 11) is 1.40. The SMILES string of the molecule is COCC(=O)COc1cc([N+](=O)[O-])ccc1Br. The van der Waals surface area contributed by atoms with Crippen molar-refractivity contribution in [2.75, 3.05) is 20.3 Å². The molecule has 0 aromatic heterocycles. The van der Waals surface area contributed by atoms with Crippen LogP contribution in [-0.2, 0) is 9.53 Å². The molecule has 0 aliphatic rings. The van der Waals surface area contributed by atoms with Crippen LogP contribution in [0.15, 0.2) is 22.7 Å². The first-order chi connectivity index (χ1) is 8.04. The van der Waals surface area contributed by atoms with Gasteiger partial charge in [0.2, 0.25) is 0 Å². The lowest BCUT2D eigenvalue weighted by Gasteiger charge is -2.06. The molecule has 0 amide bonds. The second-order valence-corrected chi connectivity index (χ2v) is 3.99. The van der Waals surface area contributed by atoms with E-state index in [4.69, 9.17) is 4.74 Å². The number of ether oxygens (including phenoxy) is 2. The molecule has 0 unspecified atom stereocenters. The van der Waals surface area contributed by atoms with Crippen molar-refractivity contribution >= 4 is 27.4 Å². The van der Waals surface area contributed by atoms with Crippen molar-refractivity contribution in [1.29, 1.82) is 0 Å². The van der Waals surface area contributed by atoms with Crippen LogP contribution in [0.4, 0.5) is 5.69 Å². The van der Waals surface area contributed by atoms with Gasteiger partial charge in [-0.2, -0.15) is 0 Å². The molecule has 7 heteroatoms. The number of Topliss-reactive ketones (excluding diaryl/α,β-unsaturated/α-hetero) is 1. The molecule has 1 aromatic carbocycles. The first-order valence-corrected chi connectivity index (χ1v) is 5.41. The topological polar surface area (TPSA) is 78.7 Å². The van der Waals surface area contributed by atoms with Gasteiger partial charge in [-0.05, 0) is 22.0 Å². The third-order valence-corrected chi connectivity index (χ3v) is 2.47. The van der Waals surface area contributed by atoms with E-state index in [0.717, 1.165) is 0 Å². The van der Waals surface area contributed by atoms with E-state index in [2.05, 4.69) is 20.7 Å². The molecule has 0 heterocycles. The van der Waals surface area contributed by atoms with E-state index >= 15 is 0 Å². The van der Waals surface area contributed by atoms with E-state index in [1.54, 1.807) is 0 Å². The van der Waals surface area contributed by atoms with Crippen molar-refractivity contribution < 1.29 is 19.2 Å². The molecule has 0 saturated carbocycles. The Morgan fingerprint density at radius 3 is 2.76 bits per heavy atom. The molecule has 6 nitrogen and oxygen atoms in total. The van der Waals surface area contributed by atoms with Gasteiger partial charge < -0.3 is 9.47 Å². The van der Waals surface area contributed by atoms with Crippen LogP contribution < -0.4 is 4.74 Å². The molecule has 0 saturated heterocycles. The second kappa shape index (κ2) is 6.31. The maximum absolute atomic E-state index is 11.1.